The number of nitrogens with one attached hydrogen (secondary N) is 1. The van der Waals surface area contributed by atoms with Crippen molar-refractivity contribution in [2.24, 2.45) is 5.10 Å². The van der Waals surface area contributed by atoms with E-state index < -0.39 is 11.9 Å². The maximum Gasteiger partial charge on any atom is 0.355 e. The molecular formula is C23H14Cl2N2O3S. The number of nitrogens with zero attached hydrogens (tertiary/aromatic N) is 1. The van der Waals surface area contributed by atoms with Crippen LogP contribution in [0.2, 0.25) is 10.0 Å². The smallest absolute Gasteiger partial charge is 0.355 e. The number of ether oxygens (including phenoxy) is 1. The largest absolute Gasteiger partial charge is 0.422 e. The van der Waals surface area contributed by atoms with Gasteiger partial charge in [0, 0.05) is 10.1 Å². The number of hydrogen-bond donors (Lipinski definition) is 1. The van der Waals surface area contributed by atoms with Gasteiger partial charge in [0.15, 0.2) is 0 Å². The van der Waals surface area contributed by atoms with Gasteiger partial charge in [0.2, 0.25) is 0 Å². The van der Waals surface area contributed by atoms with Gasteiger partial charge in [-0.3, -0.25) is 4.79 Å². The Hall–Kier alpha value is -3.19. The second-order valence-corrected chi connectivity index (χ2v) is 8.22. The number of esters is 1. The number of benzene rings is 3. The Morgan fingerprint density at radius 3 is 2.39 bits per heavy atom. The van der Waals surface area contributed by atoms with Crippen LogP contribution >= 0.6 is 34.5 Å². The zero-order chi connectivity index (χ0) is 21.8. The zero-order valence-electron chi connectivity index (χ0n) is 15.8. The molecule has 1 heterocycles. The molecule has 4 rings (SSSR count). The van der Waals surface area contributed by atoms with Crippen molar-refractivity contribution in [3.8, 4) is 5.75 Å². The maximum absolute atomic E-state index is 12.5. The Kier molecular flexibility index (Phi) is 6.32. The lowest BCUT2D eigenvalue weighted by molar-refractivity contribution is 0.0739. The summed E-state index contributed by atoms with van der Waals surface area (Å²) in [5, 5.41) is 5.49. The highest BCUT2D eigenvalue weighted by Crippen LogP contribution is 2.35. The molecule has 1 N–H and O–H groups in total. The number of carbonyl (C=O) groups is 2. The Labute approximate surface area is 191 Å². The lowest BCUT2D eigenvalue weighted by Crippen LogP contribution is -2.17. The standard InChI is InChI=1S/C23H14Cl2N2O3S/c24-18-7-3-1-5-16(18)22(28)27-26-13-14-9-11-15(12-10-14)30-23(29)21-20(25)17-6-2-4-8-19(17)31-21/h1-13H,(H,27,28)/b26-13-. The van der Waals surface area contributed by atoms with E-state index in [9.17, 15) is 9.59 Å². The van der Waals surface area contributed by atoms with Crippen LogP contribution in [-0.4, -0.2) is 18.1 Å². The summed E-state index contributed by atoms with van der Waals surface area (Å²) in [6.45, 7) is 0. The monoisotopic (exact) mass is 468 g/mol. The predicted molar refractivity (Wildman–Crippen MR) is 125 cm³/mol. The summed E-state index contributed by atoms with van der Waals surface area (Å²) in [4.78, 5) is 25.0. The normalized spacial score (nSPS) is 11.0. The van der Waals surface area contributed by atoms with Crippen molar-refractivity contribution in [1.29, 1.82) is 0 Å². The molecule has 0 bridgehead atoms. The first kappa shape index (κ1) is 21.1. The molecule has 5 nitrogen and oxygen atoms in total. The van der Waals surface area contributed by atoms with Gasteiger partial charge in [-0.25, -0.2) is 10.2 Å². The SMILES string of the molecule is O=C(N/N=C\c1ccc(OC(=O)c2sc3ccccc3c2Cl)cc1)c1ccccc1Cl. The third-order valence-electron chi connectivity index (χ3n) is 4.31. The Morgan fingerprint density at radius 1 is 0.935 bits per heavy atom. The zero-order valence-corrected chi connectivity index (χ0v) is 18.2. The van der Waals surface area contributed by atoms with Crippen molar-refractivity contribution < 1.29 is 14.3 Å². The van der Waals surface area contributed by atoms with Gasteiger partial charge in [0.05, 0.1) is 21.8 Å². The van der Waals surface area contributed by atoms with E-state index in [-0.39, 0.29) is 0 Å². The highest BCUT2D eigenvalue weighted by atomic mass is 35.5. The van der Waals surface area contributed by atoms with Crippen molar-refractivity contribution >= 4 is 62.7 Å². The van der Waals surface area contributed by atoms with Gasteiger partial charge in [-0.1, -0.05) is 53.5 Å². The van der Waals surface area contributed by atoms with Gasteiger partial charge in [-0.15, -0.1) is 11.3 Å². The molecule has 4 aromatic rings. The fourth-order valence-electron chi connectivity index (χ4n) is 2.79. The minimum Gasteiger partial charge on any atom is -0.422 e. The number of hydrogen-bond acceptors (Lipinski definition) is 5. The lowest BCUT2D eigenvalue weighted by Gasteiger charge is -2.04. The first-order chi connectivity index (χ1) is 15.0. The summed E-state index contributed by atoms with van der Waals surface area (Å²) >= 11 is 13.6. The van der Waals surface area contributed by atoms with E-state index >= 15 is 0 Å². The van der Waals surface area contributed by atoms with Gasteiger partial charge in [-0.2, -0.15) is 5.10 Å². The van der Waals surface area contributed by atoms with Crippen molar-refractivity contribution in [3.63, 3.8) is 0 Å². The van der Waals surface area contributed by atoms with E-state index in [0.717, 1.165) is 10.1 Å². The Morgan fingerprint density at radius 2 is 1.65 bits per heavy atom. The second-order valence-electron chi connectivity index (χ2n) is 6.38. The molecule has 0 radical (unpaired) electrons. The summed E-state index contributed by atoms with van der Waals surface area (Å²) in [5.74, 6) is -0.553. The number of rotatable bonds is 5. The second kappa shape index (κ2) is 9.31. The quantitative estimate of drug-likeness (QED) is 0.164. The van der Waals surface area contributed by atoms with Gasteiger partial charge < -0.3 is 4.74 Å². The van der Waals surface area contributed by atoms with Gasteiger partial charge in [0.1, 0.15) is 10.6 Å². The van der Waals surface area contributed by atoms with Crippen LogP contribution < -0.4 is 10.2 Å². The molecule has 0 aliphatic heterocycles. The molecule has 0 aliphatic carbocycles. The van der Waals surface area contributed by atoms with E-state index in [1.54, 1.807) is 48.5 Å². The highest BCUT2D eigenvalue weighted by Gasteiger charge is 2.18. The van der Waals surface area contributed by atoms with Crippen molar-refractivity contribution in [2.75, 3.05) is 0 Å². The molecule has 1 amide bonds. The fourth-order valence-corrected chi connectivity index (χ4v) is 4.40. The number of halogens is 2. The van der Waals surface area contributed by atoms with E-state index in [4.69, 9.17) is 27.9 Å². The summed E-state index contributed by atoms with van der Waals surface area (Å²) in [5.41, 5.74) is 3.47. The molecule has 0 aliphatic rings. The first-order valence-corrected chi connectivity index (χ1v) is 10.7. The molecule has 0 unspecified atom stereocenters. The number of thiophene rings is 1. The van der Waals surface area contributed by atoms with Crippen molar-refractivity contribution in [2.45, 2.75) is 0 Å². The van der Waals surface area contributed by atoms with Crippen LogP contribution in [0.25, 0.3) is 10.1 Å². The van der Waals surface area contributed by atoms with Gasteiger partial charge in [0.25, 0.3) is 5.91 Å². The van der Waals surface area contributed by atoms with E-state index in [2.05, 4.69) is 10.5 Å². The van der Waals surface area contributed by atoms with Crippen LogP contribution in [0.1, 0.15) is 25.6 Å². The first-order valence-electron chi connectivity index (χ1n) is 9.10. The number of hydrazone groups is 1. The third kappa shape index (κ3) is 4.77. The van der Waals surface area contributed by atoms with Crippen LogP contribution in [0.3, 0.4) is 0 Å². The maximum atomic E-state index is 12.5. The van der Waals surface area contributed by atoms with Crippen LogP contribution in [-0.2, 0) is 0 Å². The molecule has 0 spiro atoms. The molecule has 154 valence electrons. The van der Waals surface area contributed by atoms with E-state index in [1.165, 1.54) is 17.6 Å². The molecule has 0 saturated carbocycles. The highest BCUT2D eigenvalue weighted by molar-refractivity contribution is 7.21. The Balaban J connectivity index is 1.39. The van der Waals surface area contributed by atoms with Crippen LogP contribution in [0.5, 0.6) is 5.75 Å². The summed E-state index contributed by atoms with van der Waals surface area (Å²) < 4.78 is 6.36. The van der Waals surface area contributed by atoms with Crippen molar-refractivity contribution in [1.82, 2.24) is 5.43 Å². The fraction of sp³-hybridized carbons (Fsp3) is 0. The summed E-state index contributed by atoms with van der Waals surface area (Å²) in [6, 6.07) is 20.9. The molecule has 3 aromatic carbocycles. The molecule has 1 aromatic heterocycles. The van der Waals surface area contributed by atoms with Crippen molar-refractivity contribution in [3.05, 3.63) is 98.8 Å². The minimum atomic E-state index is -0.514. The lowest BCUT2D eigenvalue weighted by atomic mass is 10.2. The number of carbonyl (C=O) groups excluding carboxylic acids is 2. The molecule has 31 heavy (non-hydrogen) atoms. The predicted octanol–water partition coefficient (Wildman–Crippen LogP) is 6.19. The molecule has 0 saturated heterocycles. The Bertz CT molecular complexity index is 1300. The molecular weight excluding hydrogens is 455 g/mol. The molecule has 8 heteroatoms. The topological polar surface area (TPSA) is 67.8 Å². The molecule has 0 atom stereocenters. The number of amides is 1. The minimum absolute atomic E-state index is 0.337. The van der Waals surface area contributed by atoms with Crippen LogP contribution in [0.4, 0.5) is 0 Å². The van der Waals surface area contributed by atoms with Gasteiger partial charge >= 0.3 is 5.97 Å². The van der Waals surface area contributed by atoms with Gasteiger partial charge in [-0.05, 0) is 48.0 Å². The number of fused-ring (bicyclic) bond motifs is 1. The average Bonchev–Trinajstić information content (AvgIpc) is 3.12. The average molecular weight is 469 g/mol. The van der Waals surface area contributed by atoms with Crippen LogP contribution in [0.15, 0.2) is 77.9 Å². The van der Waals surface area contributed by atoms with Crippen LogP contribution in [0, 0.1) is 0 Å². The summed E-state index contributed by atoms with van der Waals surface area (Å²) in [7, 11) is 0. The third-order valence-corrected chi connectivity index (χ3v) is 6.29. The summed E-state index contributed by atoms with van der Waals surface area (Å²) in [6.07, 6.45) is 1.48. The molecule has 0 fully saturated rings. The van der Waals surface area contributed by atoms with E-state index in [0.29, 0.717) is 31.8 Å². The van der Waals surface area contributed by atoms with E-state index in [1.807, 2.05) is 24.3 Å².